The van der Waals surface area contributed by atoms with Crippen molar-refractivity contribution in [2.45, 2.75) is 31.7 Å². The normalized spacial score (nSPS) is 21.4. The highest BCUT2D eigenvalue weighted by molar-refractivity contribution is 9.10. The van der Waals surface area contributed by atoms with Crippen LogP contribution >= 0.6 is 15.9 Å². The van der Waals surface area contributed by atoms with Gasteiger partial charge in [-0.05, 0) is 24.8 Å². The monoisotopic (exact) mass is 383 g/mol. The summed E-state index contributed by atoms with van der Waals surface area (Å²) in [6, 6.07) is 3.28. The third-order valence-electron chi connectivity index (χ3n) is 4.99. The van der Waals surface area contributed by atoms with Crippen LogP contribution in [0.25, 0.3) is 0 Å². The largest absolute Gasteiger partial charge is 0.502 e. The summed E-state index contributed by atoms with van der Waals surface area (Å²) in [5.74, 6) is 0.279. The second-order valence-corrected chi connectivity index (χ2v) is 7.31. The van der Waals surface area contributed by atoms with Gasteiger partial charge in [-0.3, -0.25) is 15.0 Å². The van der Waals surface area contributed by atoms with Crippen molar-refractivity contribution in [3.05, 3.63) is 32.3 Å². The van der Waals surface area contributed by atoms with Crippen molar-refractivity contribution < 1.29 is 10.0 Å². The zero-order valence-electron chi connectivity index (χ0n) is 13.0. The van der Waals surface area contributed by atoms with Gasteiger partial charge in [-0.1, -0.05) is 28.8 Å². The topological polar surface area (TPSA) is 78.6 Å². The molecule has 0 aromatic heterocycles. The number of nitrogens with zero attached hydrogens (tertiary/aromatic N) is 2. The van der Waals surface area contributed by atoms with Crippen LogP contribution in [0.4, 0.5) is 5.69 Å². The van der Waals surface area contributed by atoms with Gasteiger partial charge in [0, 0.05) is 48.3 Å². The molecule has 7 heteroatoms. The maximum atomic E-state index is 11.2. The minimum Gasteiger partial charge on any atom is -0.502 e. The molecule has 6 nitrogen and oxygen atoms in total. The van der Waals surface area contributed by atoms with E-state index in [1.807, 2.05) is 6.07 Å². The number of benzene rings is 1. The second-order valence-electron chi connectivity index (χ2n) is 6.40. The first-order chi connectivity index (χ1) is 11.1. The van der Waals surface area contributed by atoms with Gasteiger partial charge in [-0.15, -0.1) is 0 Å². The summed E-state index contributed by atoms with van der Waals surface area (Å²) in [7, 11) is 0. The van der Waals surface area contributed by atoms with Gasteiger partial charge in [0.15, 0.2) is 5.75 Å². The number of nitro benzene ring substituents is 1. The predicted molar refractivity (Wildman–Crippen MR) is 91.6 cm³/mol. The number of nitrogens with one attached hydrogen (secondary N) is 1. The first-order valence-corrected chi connectivity index (χ1v) is 8.99. The van der Waals surface area contributed by atoms with E-state index >= 15 is 0 Å². The zero-order valence-corrected chi connectivity index (χ0v) is 14.6. The fraction of sp³-hybridized carbons (Fsp3) is 0.625. The summed E-state index contributed by atoms with van der Waals surface area (Å²) in [6.07, 6.45) is 4.64. The Hall–Kier alpha value is -1.18. The van der Waals surface area contributed by atoms with E-state index in [1.54, 1.807) is 0 Å². The molecule has 0 unspecified atom stereocenters. The van der Waals surface area contributed by atoms with E-state index in [1.165, 1.54) is 18.9 Å². The molecular weight excluding hydrogens is 362 g/mol. The molecule has 3 rings (SSSR count). The van der Waals surface area contributed by atoms with E-state index in [2.05, 4.69) is 26.1 Å². The van der Waals surface area contributed by atoms with Crippen LogP contribution in [-0.4, -0.2) is 41.1 Å². The quantitative estimate of drug-likeness (QED) is 0.616. The standard InChI is InChI=1S/C16H22BrN3O3/c17-12-9-13(16(21)14(10-12)20(22)23)15(11-3-1-2-4-11)19-7-5-18-6-8-19/h9-11,15,18,21H,1-8H2/t15-/m1/s1. The molecule has 0 amide bonds. The Morgan fingerprint density at radius 1 is 1.30 bits per heavy atom. The highest BCUT2D eigenvalue weighted by Gasteiger charge is 2.35. The van der Waals surface area contributed by atoms with Gasteiger partial charge in [-0.2, -0.15) is 0 Å². The van der Waals surface area contributed by atoms with Crippen molar-refractivity contribution in [1.29, 1.82) is 0 Å². The lowest BCUT2D eigenvalue weighted by Crippen LogP contribution is -2.46. The number of aromatic hydroxyl groups is 1. The lowest BCUT2D eigenvalue weighted by Gasteiger charge is -2.38. The lowest BCUT2D eigenvalue weighted by molar-refractivity contribution is -0.386. The number of phenols is 1. The number of piperazine rings is 1. The molecule has 23 heavy (non-hydrogen) atoms. The first kappa shape index (κ1) is 16.7. The SMILES string of the molecule is O=[N+]([O-])c1cc(Br)cc([C@@H](C2CCCC2)N2CCNCC2)c1O. The Kier molecular flexibility index (Phi) is 5.18. The van der Waals surface area contributed by atoms with E-state index in [4.69, 9.17) is 0 Å². The third kappa shape index (κ3) is 3.51. The van der Waals surface area contributed by atoms with Crippen molar-refractivity contribution in [2.24, 2.45) is 5.92 Å². The molecule has 1 aromatic rings. The Morgan fingerprint density at radius 3 is 2.57 bits per heavy atom. The number of phenolic OH excluding ortho intramolecular Hbond substituents is 1. The number of nitro groups is 1. The minimum absolute atomic E-state index is 0.0517. The van der Waals surface area contributed by atoms with E-state index in [-0.39, 0.29) is 17.5 Å². The number of halogens is 1. The number of rotatable bonds is 4. The van der Waals surface area contributed by atoms with Crippen molar-refractivity contribution in [2.75, 3.05) is 26.2 Å². The van der Waals surface area contributed by atoms with Gasteiger partial charge in [0.2, 0.25) is 0 Å². The van der Waals surface area contributed by atoms with Crippen molar-refractivity contribution in [1.82, 2.24) is 10.2 Å². The molecule has 1 saturated heterocycles. The molecule has 2 N–H and O–H groups in total. The predicted octanol–water partition coefficient (Wildman–Crippen LogP) is 3.20. The van der Waals surface area contributed by atoms with E-state index in [9.17, 15) is 15.2 Å². The van der Waals surface area contributed by atoms with Crippen molar-refractivity contribution >= 4 is 21.6 Å². The molecule has 0 radical (unpaired) electrons. The van der Waals surface area contributed by atoms with Crippen LogP contribution in [0.1, 0.15) is 37.3 Å². The van der Waals surface area contributed by atoms with Crippen LogP contribution in [0.2, 0.25) is 0 Å². The molecule has 126 valence electrons. The van der Waals surface area contributed by atoms with Gasteiger partial charge >= 0.3 is 5.69 Å². The molecule has 0 spiro atoms. The molecular formula is C16H22BrN3O3. The summed E-state index contributed by atoms with van der Waals surface area (Å²) in [5, 5.41) is 25.1. The van der Waals surface area contributed by atoms with Crippen LogP contribution in [0.15, 0.2) is 16.6 Å². The van der Waals surface area contributed by atoms with E-state index in [0.29, 0.717) is 16.0 Å². The van der Waals surface area contributed by atoms with Gasteiger partial charge in [0.05, 0.1) is 4.92 Å². The average Bonchev–Trinajstić information content (AvgIpc) is 3.05. The Balaban J connectivity index is 2.03. The Bertz CT molecular complexity index is 584. The maximum absolute atomic E-state index is 11.2. The fourth-order valence-corrected chi connectivity index (χ4v) is 4.42. The van der Waals surface area contributed by atoms with E-state index < -0.39 is 4.92 Å². The molecule has 0 bridgehead atoms. The van der Waals surface area contributed by atoms with Crippen molar-refractivity contribution in [3.8, 4) is 5.75 Å². The summed E-state index contributed by atoms with van der Waals surface area (Å²) in [4.78, 5) is 13.1. The van der Waals surface area contributed by atoms with Crippen LogP contribution in [-0.2, 0) is 0 Å². The summed E-state index contributed by atoms with van der Waals surface area (Å²) < 4.78 is 0.648. The highest BCUT2D eigenvalue weighted by atomic mass is 79.9. The highest BCUT2D eigenvalue weighted by Crippen LogP contribution is 2.46. The zero-order chi connectivity index (χ0) is 16.4. The van der Waals surface area contributed by atoms with Crippen LogP contribution in [0.3, 0.4) is 0 Å². The minimum atomic E-state index is -0.507. The fourth-order valence-electron chi connectivity index (χ4n) is 3.95. The smallest absolute Gasteiger partial charge is 0.312 e. The van der Waals surface area contributed by atoms with Crippen LogP contribution in [0.5, 0.6) is 5.75 Å². The molecule has 1 aromatic carbocycles. The van der Waals surface area contributed by atoms with Gasteiger partial charge in [0.25, 0.3) is 0 Å². The molecule has 1 heterocycles. The molecule has 1 aliphatic carbocycles. The molecule has 1 atom stereocenters. The van der Waals surface area contributed by atoms with E-state index in [0.717, 1.165) is 39.0 Å². The number of hydrogen-bond acceptors (Lipinski definition) is 5. The molecule has 2 aliphatic rings. The molecule has 2 fully saturated rings. The first-order valence-electron chi connectivity index (χ1n) is 8.19. The van der Waals surface area contributed by atoms with Gasteiger partial charge in [-0.25, -0.2) is 0 Å². The second kappa shape index (κ2) is 7.15. The van der Waals surface area contributed by atoms with Crippen LogP contribution in [0, 0.1) is 16.0 Å². The van der Waals surface area contributed by atoms with Gasteiger partial charge in [0.1, 0.15) is 0 Å². The Morgan fingerprint density at radius 2 is 1.96 bits per heavy atom. The number of hydrogen-bond donors (Lipinski definition) is 2. The third-order valence-corrected chi connectivity index (χ3v) is 5.45. The molecule has 1 aliphatic heterocycles. The lowest BCUT2D eigenvalue weighted by atomic mass is 9.89. The van der Waals surface area contributed by atoms with Gasteiger partial charge < -0.3 is 10.4 Å². The summed E-state index contributed by atoms with van der Waals surface area (Å²) in [5.41, 5.74) is 0.479. The van der Waals surface area contributed by atoms with Crippen molar-refractivity contribution in [3.63, 3.8) is 0 Å². The Labute approximate surface area is 144 Å². The average molecular weight is 384 g/mol. The maximum Gasteiger partial charge on any atom is 0.312 e. The summed E-state index contributed by atoms with van der Waals surface area (Å²) >= 11 is 3.37. The van der Waals surface area contributed by atoms with Crippen LogP contribution < -0.4 is 5.32 Å². The molecule has 1 saturated carbocycles. The summed E-state index contributed by atoms with van der Waals surface area (Å²) in [6.45, 7) is 3.64.